The highest BCUT2D eigenvalue weighted by atomic mass is 35.5. The maximum atomic E-state index is 14.2. The van der Waals surface area contributed by atoms with Crippen LogP contribution in [0, 0.1) is 20.2 Å². The number of nitrogens with one attached hydrogen (secondary N) is 1. The van der Waals surface area contributed by atoms with Crippen molar-refractivity contribution in [1.29, 1.82) is 0 Å². The number of carbonyl (C=O) groups excluding carboxylic acids is 2. The number of nitrogens with zero attached hydrogens (tertiary/aromatic N) is 2. The molecule has 0 aromatic heterocycles. The number of allylic oxidation sites excluding steroid dienone is 2. The van der Waals surface area contributed by atoms with E-state index >= 15 is 0 Å². The fraction of sp³-hybridized carbons (Fsp3) is 0.455. The Labute approximate surface area is 214 Å². The fourth-order valence-corrected chi connectivity index (χ4v) is 5.21. The number of hydrogen-bond acceptors (Lipinski definition) is 12. The van der Waals surface area contributed by atoms with Crippen LogP contribution >= 0.6 is 11.6 Å². The Hall–Kier alpha value is -3.59. The van der Waals surface area contributed by atoms with Crippen molar-refractivity contribution >= 4 is 29.0 Å². The summed E-state index contributed by atoms with van der Waals surface area (Å²) in [5, 5.41) is 34.9. The number of carbonyl (C=O) groups is 2. The number of benzene rings is 1. The quantitative estimate of drug-likeness (QED) is 0.287. The molecule has 0 saturated carbocycles. The van der Waals surface area contributed by atoms with E-state index in [0.29, 0.717) is 5.70 Å². The van der Waals surface area contributed by atoms with Gasteiger partial charge in [-0.25, -0.2) is 4.79 Å². The number of dihydropyridines is 1. The van der Waals surface area contributed by atoms with Crippen molar-refractivity contribution in [2.75, 3.05) is 20.3 Å². The van der Waals surface area contributed by atoms with Crippen LogP contribution in [-0.4, -0.2) is 71.1 Å². The lowest BCUT2D eigenvalue weighted by Gasteiger charge is -2.36. The molecule has 1 unspecified atom stereocenters. The van der Waals surface area contributed by atoms with Crippen LogP contribution in [0.15, 0.2) is 40.7 Å². The van der Waals surface area contributed by atoms with E-state index in [2.05, 4.69) is 5.32 Å². The maximum absolute atomic E-state index is 14.2. The van der Waals surface area contributed by atoms with Gasteiger partial charge in [0, 0.05) is 29.0 Å². The zero-order valence-electron chi connectivity index (χ0n) is 19.8. The number of nitro benzene ring substituents is 1. The van der Waals surface area contributed by atoms with E-state index in [-0.39, 0.29) is 34.0 Å². The summed E-state index contributed by atoms with van der Waals surface area (Å²) >= 11 is 5.98. The molecule has 0 bridgehead atoms. The first-order valence-electron chi connectivity index (χ1n) is 10.9. The third kappa shape index (κ3) is 4.31. The average Bonchev–Trinajstić information content (AvgIpc) is 3.38. The molecule has 0 radical (unpaired) electrons. The Morgan fingerprint density at radius 2 is 1.86 bits per heavy atom. The number of nitro groups is 1. The van der Waals surface area contributed by atoms with Crippen LogP contribution < -0.4 is 5.32 Å². The van der Waals surface area contributed by atoms with Gasteiger partial charge in [-0.05, 0) is 25.5 Å². The molecule has 2 fully saturated rings. The van der Waals surface area contributed by atoms with E-state index < -0.39 is 63.9 Å². The average molecular weight is 540 g/mol. The minimum Gasteiger partial charge on any atom is -0.466 e. The van der Waals surface area contributed by atoms with Crippen LogP contribution in [0.3, 0.4) is 0 Å². The van der Waals surface area contributed by atoms with Gasteiger partial charge in [0.25, 0.3) is 10.8 Å². The van der Waals surface area contributed by atoms with Gasteiger partial charge in [0.15, 0.2) is 5.78 Å². The van der Waals surface area contributed by atoms with Crippen molar-refractivity contribution in [2.45, 2.75) is 43.7 Å². The lowest BCUT2D eigenvalue weighted by atomic mass is 9.74. The van der Waals surface area contributed by atoms with Crippen LogP contribution in [0.2, 0.25) is 5.02 Å². The minimum absolute atomic E-state index is 0.0628. The summed E-state index contributed by atoms with van der Waals surface area (Å²) in [6.07, 6.45) is -3.57. The highest BCUT2D eigenvalue weighted by molar-refractivity contribution is 6.32. The summed E-state index contributed by atoms with van der Waals surface area (Å²) in [4.78, 5) is 54.5. The molecule has 3 aliphatic rings. The summed E-state index contributed by atoms with van der Waals surface area (Å²) in [6.45, 7) is 2.17. The van der Waals surface area contributed by atoms with Gasteiger partial charge in [0.05, 0.1) is 30.8 Å². The number of esters is 1. The Morgan fingerprint density at radius 3 is 2.49 bits per heavy atom. The summed E-state index contributed by atoms with van der Waals surface area (Å²) in [5.41, 5.74) is -2.42. The Kier molecular flexibility index (Phi) is 6.94. The topological polar surface area (TPSA) is 190 Å². The normalized spacial score (nSPS) is 29.0. The number of ketones is 1. The second-order valence-electron chi connectivity index (χ2n) is 8.73. The molecule has 0 amide bonds. The van der Waals surface area contributed by atoms with E-state index in [1.807, 2.05) is 0 Å². The zero-order chi connectivity index (χ0) is 27.2. The van der Waals surface area contributed by atoms with Gasteiger partial charge in [-0.2, -0.15) is 0 Å². The summed E-state index contributed by atoms with van der Waals surface area (Å²) in [7, 11) is 1.12. The Balaban J connectivity index is 1.93. The highest BCUT2D eigenvalue weighted by Gasteiger charge is 2.64. The number of ether oxygens (including phenoxy) is 3. The SMILES string of the molecule is COC(=O)C1=C(C)NC(C)=C(C(=O)[C@]2(O[N+](=O)[O-])CO[C@@H]3[C@H](O)CO[C@@H]32)C1c1ccc(Cl)c([N+](=O)[O-])c1. The molecule has 1 aromatic carbocycles. The zero-order valence-corrected chi connectivity index (χ0v) is 20.5. The van der Waals surface area contributed by atoms with Crippen LogP contribution in [0.5, 0.6) is 0 Å². The maximum Gasteiger partial charge on any atom is 0.336 e. The minimum atomic E-state index is -2.33. The molecule has 2 N–H and O–H groups in total. The Bertz CT molecular complexity index is 1260. The largest absolute Gasteiger partial charge is 0.466 e. The van der Waals surface area contributed by atoms with Gasteiger partial charge in [0.1, 0.15) is 23.3 Å². The van der Waals surface area contributed by atoms with Gasteiger partial charge in [0.2, 0.25) is 5.60 Å². The van der Waals surface area contributed by atoms with Gasteiger partial charge in [-0.15, -0.1) is 10.1 Å². The van der Waals surface area contributed by atoms with Crippen molar-refractivity contribution in [3.63, 3.8) is 0 Å². The van der Waals surface area contributed by atoms with Crippen molar-refractivity contribution < 1.29 is 43.8 Å². The number of Topliss-reactive ketones (excluding diaryl/α,β-unsaturated/α-hetero) is 1. The lowest BCUT2D eigenvalue weighted by Crippen LogP contribution is -2.55. The number of fused-ring (bicyclic) bond motifs is 1. The molecule has 0 aliphatic carbocycles. The molecule has 0 spiro atoms. The number of aliphatic hydroxyl groups is 1. The second kappa shape index (κ2) is 9.70. The first kappa shape index (κ1) is 26.5. The molecule has 3 aliphatic heterocycles. The lowest BCUT2D eigenvalue weighted by molar-refractivity contribution is -0.777. The third-order valence-electron chi connectivity index (χ3n) is 6.61. The predicted molar refractivity (Wildman–Crippen MR) is 123 cm³/mol. The number of aliphatic hydroxyl groups excluding tert-OH is 1. The van der Waals surface area contributed by atoms with E-state index in [4.69, 9.17) is 30.6 Å². The number of methoxy groups -OCH3 is 1. The summed E-state index contributed by atoms with van der Waals surface area (Å²) in [5.74, 6) is -3.08. The first-order valence-corrected chi connectivity index (χ1v) is 11.3. The van der Waals surface area contributed by atoms with Crippen molar-refractivity contribution in [3.05, 3.63) is 71.6 Å². The van der Waals surface area contributed by atoms with E-state index in [0.717, 1.165) is 13.2 Å². The molecular formula is C22H22ClN3O11. The van der Waals surface area contributed by atoms with Crippen molar-refractivity contribution in [3.8, 4) is 0 Å². The fourth-order valence-electron chi connectivity index (χ4n) is 5.03. The second-order valence-corrected chi connectivity index (χ2v) is 9.13. The highest BCUT2D eigenvalue weighted by Crippen LogP contribution is 2.46. The van der Waals surface area contributed by atoms with Crippen LogP contribution in [0.1, 0.15) is 25.3 Å². The molecule has 14 nitrogen and oxygen atoms in total. The van der Waals surface area contributed by atoms with Gasteiger partial charge in [-0.3, -0.25) is 19.7 Å². The standard InChI is InChI=1S/C22H22ClN3O11/c1-9-15(19(28)22(37-26(32)33)8-36-18-14(27)7-35-20(18)22)17(16(10(2)24-9)21(29)34-3)11-4-5-12(23)13(6-11)25(30)31/h4-6,14,17-18,20,24,27H,7-8H2,1-3H3/t14-,17?,18-,20+,22-/m1/s1. The molecule has 1 aromatic rings. The molecule has 15 heteroatoms. The monoisotopic (exact) mass is 539 g/mol. The summed E-state index contributed by atoms with van der Waals surface area (Å²) < 4.78 is 15.9. The van der Waals surface area contributed by atoms with Gasteiger partial charge in [-0.1, -0.05) is 17.7 Å². The predicted octanol–water partition coefficient (Wildman–Crippen LogP) is 1.33. The van der Waals surface area contributed by atoms with Crippen molar-refractivity contribution in [1.82, 2.24) is 5.32 Å². The van der Waals surface area contributed by atoms with Crippen LogP contribution in [0.25, 0.3) is 0 Å². The number of rotatable bonds is 7. The van der Waals surface area contributed by atoms with E-state index in [1.54, 1.807) is 6.92 Å². The molecule has 3 heterocycles. The smallest absolute Gasteiger partial charge is 0.336 e. The molecule has 5 atom stereocenters. The van der Waals surface area contributed by atoms with Crippen LogP contribution in [0.4, 0.5) is 5.69 Å². The van der Waals surface area contributed by atoms with Gasteiger partial charge >= 0.3 is 5.97 Å². The third-order valence-corrected chi connectivity index (χ3v) is 6.93. The Morgan fingerprint density at radius 1 is 1.19 bits per heavy atom. The number of halogens is 1. The number of hydrogen-bond donors (Lipinski definition) is 2. The molecule has 198 valence electrons. The van der Waals surface area contributed by atoms with E-state index in [1.165, 1.54) is 19.1 Å². The summed E-state index contributed by atoms with van der Waals surface area (Å²) in [6, 6.07) is 3.75. The van der Waals surface area contributed by atoms with Gasteiger partial charge < -0.3 is 24.6 Å². The van der Waals surface area contributed by atoms with Crippen molar-refractivity contribution in [2.24, 2.45) is 0 Å². The van der Waals surface area contributed by atoms with Crippen LogP contribution in [-0.2, 0) is 28.6 Å². The molecular weight excluding hydrogens is 518 g/mol. The molecule has 4 rings (SSSR count). The first-order chi connectivity index (χ1) is 17.4. The molecule has 37 heavy (non-hydrogen) atoms. The molecule has 2 saturated heterocycles. The van der Waals surface area contributed by atoms with E-state index in [9.17, 15) is 34.9 Å².